The van der Waals surface area contributed by atoms with Crippen molar-refractivity contribution < 1.29 is 14.5 Å². The molecular weight excluding hydrogens is 308 g/mol. The lowest BCUT2D eigenvalue weighted by Crippen LogP contribution is -2.24. The Labute approximate surface area is 140 Å². The van der Waals surface area contributed by atoms with Crippen LogP contribution in [0.5, 0.6) is 5.75 Å². The van der Waals surface area contributed by atoms with Crippen LogP contribution in [0, 0.1) is 10.1 Å². The maximum absolute atomic E-state index is 12.1. The molecule has 0 atom stereocenters. The maximum atomic E-state index is 12.1. The predicted octanol–water partition coefficient (Wildman–Crippen LogP) is 3.24. The third-order valence-electron chi connectivity index (χ3n) is 3.30. The van der Waals surface area contributed by atoms with Crippen LogP contribution in [-0.2, 0) is 17.8 Å². The Balaban J connectivity index is 1.95. The molecule has 6 nitrogen and oxygen atoms in total. The zero-order chi connectivity index (χ0) is 17.5. The molecule has 2 rings (SSSR count). The number of para-hydroxylation sites is 1. The van der Waals surface area contributed by atoms with E-state index in [2.05, 4.69) is 5.32 Å². The lowest BCUT2D eigenvalue weighted by molar-refractivity contribution is -0.385. The van der Waals surface area contributed by atoms with E-state index in [0.717, 1.165) is 11.3 Å². The standard InChI is InChI=1S/C18H20N2O4/c1-13(2)24-16-8-5-6-14(10-16)12-19-18(21)11-15-7-3-4-9-17(15)20(22)23/h3-10,13H,11-12H2,1-2H3,(H,19,21). The Kier molecular flexibility index (Phi) is 5.89. The minimum atomic E-state index is -0.477. The average molecular weight is 328 g/mol. The van der Waals surface area contributed by atoms with Crippen LogP contribution in [0.2, 0.25) is 0 Å². The van der Waals surface area contributed by atoms with Crippen molar-refractivity contribution in [3.63, 3.8) is 0 Å². The number of carbonyl (C=O) groups is 1. The molecule has 1 N–H and O–H groups in total. The van der Waals surface area contributed by atoms with Crippen molar-refractivity contribution in [1.82, 2.24) is 5.32 Å². The van der Waals surface area contributed by atoms with Crippen molar-refractivity contribution in [2.24, 2.45) is 0 Å². The van der Waals surface area contributed by atoms with E-state index in [1.807, 2.05) is 38.1 Å². The number of nitro benzene ring substituents is 1. The number of hydrogen-bond donors (Lipinski definition) is 1. The van der Waals surface area contributed by atoms with E-state index in [4.69, 9.17) is 4.74 Å². The molecule has 6 heteroatoms. The van der Waals surface area contributed by atoms with Crippen LogP contribution in [-0.4, -0.2) is 16.9 Å². The normalized spacial score (nSPS) is 10.5. The van der Waals surface area contributed by atoms with E-state index in [1.165, 1.54) is 6.07 Å². The van der Waals surface area contributed by atoms with Gasteiger partial charge in [-0.2, -0.15) is 0 Å². The van der Waals surface area contributed by atoms with E-state index >= 15 is 0 Å². The molecule has 0 unspecified atom stereocenters. The second kappa shape index (κ2) is 8.10. The highest BCUT2D eigenvalue weighted by Crippen LogP contribution is 2.18. The number of nitro groups is 1. The summed E-state index contributed by atoms with van der Waals surface area (Å²) in [5.41, 5.74) is 1.26. The molecule has 0 spiro atoms. The topological polar surface area (TPSA) is 81.5 Å². The SMILES string of the molecule is CC(C)Oc1cccc(CNC(=O)Cc2ccccc2[N+](=O)[O-])c1. The summed E-state index contributed by atoms with van der Waals surface area (Å²) in [6, 6.07) is 13.7. The molecule has 0 saturated heterocycles. The first-order valence-corrected chi connectivity index (χ1v) is 7.70. The number of hydrogen-bond acceptors (Lipinski definition) is 4. The highest BCUT2D eigenvalue weighted by Gasteiger charge is 2.15. The summed E-state index contributed by atoms with van der Waals surface area (Å²) in [5, 5.41) is 13.7. The van der Waals surface area contributed by atoms with Gasteiger partial charge in [0.05, 0.1) is 17.4 Å². The molecule has 0 heterocycles. The fraction of sp³-hybridized carbons (Fsp3) is 0.278. The van der Waals surface area contributed by atoms with Crippen LogP contribution < -0.4 is 10.1 Å². The van der Waals surface area contributed by atoms with Crippen molar-refractivity contribution in [1.29, 1.82) is 0 Å². The molecule has 1 amide bonds. The summed E-state index contributed by atoms with van der Waals surface area (Å²) >= 11 is 0. The first-order chi connectivity index (χ1) is 11.5. The van der Waals surface area contributed by atoms with Gasteiger partial charge in [-0.15, -0.1) is 0 Å². The number of benzene rings is 2. The van der Waals surface area contributed by atoms with E-state index in [1.54, 1.807) is 18.2 Å². The highest BCUT2D eigenvalue weighted by atomic mass is 16.6. The van der Waals surface area contributed by atoms with E-state index in [-0.39, 0.29) is 24.1 Å². The van der Waals surface area contributed by atoms with E-state index in [0.29, 0.717) is 12.1 Å². The summed E-state index contributed by atoms with van der Waals surface area (Å²) in [4.78, 5) is 22.5. The van der Waals surface area contributed by atoms with Crippen LogP contribution in [0.15, 0.2) is 48.5 Å². The molecule has 0 radical (unpaired) electrons. The minimum absolute atomic E-state index is 0.0284. The molecule has 24 heavy (non-hydrogen) atoms. The summed E-state index contributed by atoms with van der Waals surface area (Å²) in [6.07, 6.45) is 0.0489. The Morgan fingerprint density at radius 2 is 1.96 bits per heavy atom. The van der Waals surface area contributed by atoms with Gasteiger partial charge in [-0.25, -0.2) is 0 Å². The van der Waals surface area contributed by atoms with Gasteiger partial charge in [0.2, 0.25) is 5.91 Å². The molecule has 0 aliphatic heterocycles. The van der Waals surface area contributed by atoms with Crippen molar-refractivity contribution in [2.75, 3.05) is 0 Å². The summed E-state index contributed by atoms with van der Waals surface area (Å²) < 4.78 is 5.61. The van der Waals surface area contributed by atoms with Gasteiger partial charge in [0.25, 0.3) is 5.69 Å². The number of rotatable bonds is 7. The first kappa shape index (κ1) is 17.5. The molecule has 2 aromatic carbocycles. The summed E-state index contributed by atoms with van der Waals surface area (Å²) in [6.45, 7) is 4.23. The molecule has 2 aromatic rings. The maximum Gasteiger partial charge on any atom is 0.273 e. The Morgan fingerprint density at radius 1 is 1.21 bits per heavy atom. The van der Waals surface area contributed by atoms with Gasteiger partial charge >= 0.3 is 0 Å². The molecule has 0 fully saturated rings. The van der Waals surface area contributed by atoms with Gasteiger partial charge in [-0.05, 0) is 31.5 Å². The van der Waals surface area contributed by atoms with E-state index < -0.39 is 4.92 Å². The largest absolute Gasteiger partial charge is 0.491 e. The van der Waals surface area contributed by atoms with Crippen molar-refractivity contribution in [2.45, 2.75) is 32.9 Å². The molecular formula is C18H20N2O4. The average Bonchev–Trinajstić information content (AvgIpc) is 2.53. The fourth-order valence-electron chi connectivity index (χ4n) is 2.28. The molecule has 0 aromatic heterocycles. The summed E-state index contributed by atoms with van der Waals surface area (Å²) in [7, 11) is 0. The summed E-state index contributed by atoms with van der Waals surface area (Å²) in [5.74, 6) is 0.481. The number of nitrogens with one attached hydrogen (secondary N) is 1. The number of ether oxygens (including phenoxy) is 1. The lowest BCUT2D eigenvalue weighted by atomic mass is 10.1. The minimum Gasteiger partial charge on any atom is -0.491 e. The quantitative estimate of drug-likeness (QED) is 0.625. The number of nitrogens with zero attached hydrogens (tertiary/aromatic N) is 1. The third-order valence-corrected chi connectivity index (χ3v) is 3.30. The van der Waals surface area contributed by atoms with Gasteiger partial charge in [0, 0.05) is 18.2 Å². The van der Waals surface area contributed by atoms with Gasteiger partial charge in [0.15, 0.2) is 0 Å². The zero-order valence-electron chi connectivity index (χ0n) is 13.7. The van der Waals surface area contributed by atoms with Crippen LogP contribution >= 0.6 is 0 Å². The Hall–Kier alpha value is -2.89. The van der Waals surface area contributed by atoms with Gasteiger partial charge in [-0.3, -0.25) is 14.9 Å². The van der Waals surface area contributed by atoms with Gasteiger partial charge in [-0.1, -0.05) is 30.3 Å². The number of amides is 1. The fourth-order valence-corrected chi connectivity index (χ4v) is 2.28. The zero-order valence-corrected chi connectivity index (χ0v) is 13.7. The van der Waals surface area contributed by atoms with Crippen molar-refractivity contribution >= 4 is 11.6 Å². The lowest BCUT2D eigenvalue weighted by Gasteiger charge is -2.11. The Bertz CT molecular complexity index is 728. The second-order valence-corrected chi connectivity index (χ2v) is 5.65. The van der Waals surface area contributed by atoms with Gasteiger partial charge < -0.3 is 10.1 Å². The smallest absolute Gasteiger partial charge is 0.273 e. The molecule has 126 valence electrons. The third kappa shape index (κ3) is 5.08. The van der Waals surface area contributed by atoms with Crippen LogP contribution in [0.25, 0.3) is 0 Å². The Morgan fingerprint density at radius 3 is 2.67 bits per heavy atom. The van der Waals surface area contributed by atoms with Crippen LogP contribution in [0.4, 0.5) is 5.69 Å². The van der Waals surface area contributed by atoms with Gasteiger partial charge in [0.1, 0.15) is 5.75 Å². The van der Waals surface area contributed by atoms with Crippen molar-refractivity contribution in [3.05, 3.63) is 69.8 Å². The number of carbonyl (C=O) groups excluding carboxylic acids is 1. The first-order valence-electron chi connectivity index (χ1n) is 7.70. The molecule has 0 aliphatic rings. The predicted molar refractivity (Wildman–Crippen MR) is 90.9 cm³/mol. The molecule has 0 aliphatic carbocycles. The van der Waals surface area contributed by atoms with Crippen LogP contribution in [0.3, 0.4) is 0 Å². The monoisotopic (exact) mass is 328 g/mol. The van der Waals surface area contributed by atoms with Crippen molar-refractivity contribution in [3.8, 4) is 5.75 Å². The second-order valence-electron chi connectivity index (χ2n) is 5.65. The van der Waals surface area contributed by atoms with Crippen LogP contribution in [0.1, 0.15) is 25.0 Å². The van der Waals surface area contributed by atoms with E-state index in [9.17, 15) is 14.9 Å². The molecule has 0 bridgehead atoms. The highest BCUT2D eigenvalue weighted by molar-refractivity contribution is 5.79. The molecule has 0 saturated carbocycles.